The van der Waals surface area contributed by atoms with Crippen molar-refractivity contribution in [2.45, 2.75) is 17.9 Å². The lowest BCUT2D eigenvalue weighted by molar-refractivity contribution is 0.521. The van der Waals surface area contributed by atoms with Crippen molar-refractivity contribution in [1.29, 1.82) is 0 Å². The smallest absolute Gasteiger partial charge is 0.346 e. The molecular weight excluding hydrogens is 402 g/mol. The molecule has 0 N–H and O–H groups in total. The van der Waals surface area contributed by atoms with Crippen molar-refractivity contribution >= 4 is 17.4 Å². The first kappa shape index (κ1) is 19.7. The van der Waals surface area contributed by atoms with E-state index in [0.717, 1.165) is 39.4 Å². The van der Waals surface area contributed by atoms with E-state index in [-0.39, 0.29) is 5.63 Å². The zero-order valence-corrected chi connectivity index (χ0v) is 18.2. The van der Waals surface area contributed by atoms with Crippen LogP contribution in [0.15, 0.2) is 99.0 Å². The molecule has 0 aliphatic carbocycles. The quantitative estimate of drug-likeness (QED) is 0.386. The summed E-state index contributed by atoms with van der Waals surface area (Å²) in [5.74, 6) is 1.65. The van der Waals surface area contributed by atoms with Gasteiger partial charge in [0.15, 0.2) is 0 Å². The highest BCUT2D eigenvalue weighted by Crippen LogP contribution is 2.43. The van der Waals surface area contributed by atoms with Gasteiger partial charge in [-0.05, 0) is 23.6 Å². The van der Waals surface area contributed by atoms with Crippen LogP contribution in [0.25, 0.3) is 22.5 Å². The van der Waals surface area contributed by atoms with Gasteiger partial charge in [0.25, 0.3) is 0 Å². The van der Waals surface area contributed by atoms with E-state index in [1.165, 1.54) is 5.56 Å². The summed E-state index contributed by atoms with van der Waals surface area (Å²) in [5.41, 5.74) is 5.52. The number of benzene rings is 3. The Morgan fingerprint density at radius 1 is 0.903 bits per heavy atom. The van der Waals surface area contributed by atoms with Crippen LogP contribution in [0.3, 0.4) is 0 Å². The highest BCUT2D eigenvalue weighted by molar-refractivity contribution is 7.99. The van der Waals surface area contributed by atoms with Crippen molar-refractivity contribution in [2.75, 3.05) is 17.7 Å². The average Bonchev–Trinajstić information content (AvgIpc) is 2.99. The minimum absolute atomic E-state index is 0.290. The third kappa shape index (κ3) is 3.79. The predicted octanol–water partition coefficient (Wildman–Crippen LogP) is 6.26. The summed E-state index contributed by atoms with van der Waals surface area (Å²) < 4.78 is 6.04. The Morgan fingerprint density at radius 3 is 2.35 bits per heavy atom. The fourth-order valence-electron chi connectivity index (χ4n) is 4.27. The Bertz CT molecular complexity index is 1270. The molecule has 1 aliphatic rings. The van der Waals surface area contributed by atoms with Gasteiger partial charge in [-0.2, -0.15) is 0 Å². The molecule has 0 saturated heterocycles. The molecule has 0 fully saturated rings. The number of hydrogen-bond acceptors (Lipinski definition) is 4. The SMILES string of the molecule is CN(Cc1ccccc1)c1c2c(oc(=O)c1-c1ccccc1)-c1ccccc1SCC2. The van der Waals surface area contributed by atoms with E-state index < -0.39 is 0 Å². The van der Waals surface area contributed by atoms with Crippen molar-refractivity contribution in [3.8, 4) is 22.5 Å². The van der Waals surface area contributed by atoms with Crippen LogP contribution in [0.1, 0.15) is 11.1 Å². The van der Waals surface area contributed by atoms with Gasteiger partial charge < -0.3 is 9.32 Å². The standard InChI is InChI=1S/C27H23NO2S/c1-28(18-19-10-4-2-5-11-19)25-22-16-17-31-23-15-9-8-14-21(23)26(22)30-27(29)24(25)20-12-6-3-7-13-20/h2-15H,16-18H2,1H3. The molecule has 3 aromatic carbocycles. The summed E-state index contributed by atoms with van der Waals surface area (Å²) in [7, 11) is 2.07. The highest BCUT2D eigenvalue weighted by atomic mass is 32.2. The van der Waals surface area contributed by atoms with Gasteiger partial charge in [-0.1, -0.05) is 78.9 Å². The second kappa shape index (κ2) is 8.48. The van der Waals surface area contributed by atoms with E-state index >= 15 is 0 Å². The van der Waals surface area contributed by atoms with Crippen molar-refractivity contribution in [3.63, 3.8) is 0 Å². The van der Waals surface area contributed by atoms with Gasteiger partial charge in [-0.15, -0.1) is 11.8 Å². The van der Waals surface area contributed by atoms with Crippen LogP contribution in [0.4, 0.5) is 5.69 Å². The van der Waals surface area contributed by atoms with Crippen LogP contribution in [-0.2, 0) is 13.0 Å². The van der Waals surface area contributed by atoms with Crippen molar-refractivity contribution in [3.05, 3.63) is 106 Å². The summed E-state index contributed by atoms with van der Waals surface area (Å²) in [6.45, 7) is 0.714. The monoisotopic (exact) mass is 425 g/mol. The Hall–Kier alpha value is -3.24. The van der Waals surface area contributed by atoms with E-state index in [1.807, 2.05) is 72.4 Å². The number of anilines is 1. The summed E-state index contributed by atoms with van der Waals surface area (Å²) >= 11 is 1.82. The molecule has 4 aromatic rings. The van der Waals surface area contributed by atoms with Gasteiger partial charge in [0.1, 0.15) is 5.76 Å². The van der Waals surface area contributed by atoms with Gasteiger partial charge in [0, 0.05) is 35.4 Å². The Morgan fingerprint density at radius 2 is 1.58 bits per heavy atom. The maximum Gasteiger partial charge on any atom is 0.346 e. The maximum absolute atomic E-state index is 13.4. The molecule has 31 heavy (non-hydrogen) atoms. The minimum Gasteiger partial charge on any atom is -0.422 e. The van der Waals surface area contributed by atoms with Crippen LogP contribution >= 0.6 is 11.8 Å². The third-order valence-electron chi connectivity index (χ3n) is 5.64. The normalized spacial score (nSPS) is 12.5. The molecule has 2 heterocycles. The molecule has 3 nitrogen and oxygen atoms in total. The summed E-state index contributed by atoms with van der Waals surface area (Å²) in [4.78, 5) is 16.8. The minimum atomic E-state index is -0.290. The fraction of sp³-hybridized carbons (Fsp3) is 0.148. The van der Waals surface area contributed by atoms with E-state index in [9.17, 15) is 4.79 Å². The number of nitrogens with zero attached hydrogens (tertiary/aromatic N) is 1. The first-order valence-corrected chi connectivity index (χ1v) is 11.4. The molecule has 0 spiro atoms. The Balaban J connectivity index is 1.76. The average molecular weight is 426 g/mol. The van der Waals surface area contributed by atoms with Crippen molar-refractivity contribution in [1.82, 2.24) is 0 Å². The van der Waals surface area contributed by atoms with Crippen molar-refractivity contribution < 1.29 is 4.42 Å². The summed E-state index contributed by atoms with van der Waals surface area (Å²) in [6.07, 6.45) is 0.840. The van der Waals surface area contributed by atoms with Crippen LogP contribution in [-0.4, -0.2) is 12.8 Å². The molecule has 1 aromatic heterocycles. The highest BCUT2D eigenvalue weighted by Gasteiger charge is 2.27. The second-order valence-corrected chi connectivity index (χ2v) is 8.86. The molecule has 154 valence electrons. The zero-order chi connectivity index (χ0) is 21.2. The summed E-state index contributed by atoms with van der Waals surface area (Å²) in [5, 5.41) is 0. The number of hydrogen-bond donors (Lipinski definition) is 0. The lowest BCUT2D eigenvalue weighted by atomic mass is 9.96. The largest absolute Gasteiger partial charge is 0.422 e. The van der Waals surface area contributed by atoms with Crippen LogP contribution in [0.2, 0.25) is 0 Å². The number of rotatable bonds is 4. The van der Waals surface area contributed by atoms with Gasteiger partial charge in [-0.25, -0.2) is 4.79 Å². The van der Waals surface area contributed by atoms with Gasteiger partial charge in [-0.3, -0.25) is 0 Å². The zero-order valence-electron chi connectivity index (χ0n) is 17.4. The molecule has 1 aliphatic heterocycles. The van der Waals surface area contributed by atoms with Crippen LogP contribution in [0.5, 0.6) is 0 Å². The topological polar surface area (TPSA) is 33.5 Å². The van der Waals surface area contributed by atoms with Gasteiger partial charge >= 0.3 is 5.63 Å². The van der Waals surface area contributed by atoms with Gasteiger partial charge in [0.05, 0.1) is 11.3 Å². The second-order valence-electron chi connectivity index (χ2n) is 7.72. The maximum atomic E-state index is 13.4. The molecule has 0 radical (unpaired) electrons. The molecule has 5 rings (SSSR count). The van der Waals surface area contributed by atoms with Gasteiger partial charge in [0.2, 0.25) is 0 Å². The first-order chi connectivity index (χ1) is 15.2. The molecule has 0 atom stereocenters. The summed E-state index contributed by atoms with van der Waals surface area (Å²) in [6, 6.07) is 28.4. The molecule has 0 unspecified atom stereocenters. The Kier molecular flexibility index (Phi) is 5.39. The molecule has 0 amide bonds. The lowest BCUT2D eigenvalue weighted by Gasteiger charge is -2.26. The first-order valence-electron chi connectivity index (χ1n) is 10.4. The van der Waals surface area contributed by atoms with E-state index in [4.69, 9.17) is 4.42 Å². The number of thioether (sulfide) groups is 1. The van der Waals surface area contributed by atoms with Crippen LogP contribution in [0, 0.1) is 0 Å². The number of fused-ring (bicyclic) bond motifs is 3. The van der Waals surface area contributed by atoms with E-state index in [0.29, 0.717) is 17.9 Å². The van der Waals surface area contributed by atoms with E-state index in [2.05, 4.69) is 36.2 Å². The molecule has 0 saturated carbocycles. The lowest BCUT2D eigenvalue weighted by Crippen LogP contribution is -2.23. The molecular formula is C27H23NO2S. The Labute approximate surface area is 186 Å². The van der Waals surface area contributed by atoms with Crippen molar-refractivity contribution in [2.24, 2.45) is 0 Å². The third-order valence-corrected chi connectivity index (χ3v) is 6.72. The predicted molar refractivity (Wildman–Crippen MR) is 129 cm³/mol. The fourth-order valence-corrected chi connectivity index (χ4v) is 5.29. The molecule has 0 bridgehead atoms. The van der Waals surface area contributed by atoms with Crippen LogP contribution < -0.4 is 10.5 Å². The van der Waals surface area contributed by atoms with E-state index in [1.54, 1.807) is 0 Å². The molecule has 4 heteroatoms.